The van der Waals surface area contributed by atoms with Crippen molar-refractivity contribution in [1.82, 2.24) is 0 Å². The average molecular weight is 134 g/mol. The van der Waals surface area contributed by atoms with E-state index in [2.05, 4.69) is 6.08 Å². The summed E-state index contributed by atoms with van der Waals surface area (Å²) in [5, 5.41) is 0. The third-order valence-corrected chi connectivity index (χ3v) is 1.40. The predicted octanol–water partition coefficient (Wildman–Crippen LogP) is 2.02. The fourth-order valence-corrected chi connectivity index (χ4v) is 0.897. The molecule has 1 rings (SSSR count). The van der Waals surface area contributed by atoms with Crippen LogP contribution in [-0.4, -0.2) is 6.29 Å². The summed E-state index contributed by atoms with van der Waals surface area (Å²) in [6.07, 6.45) is 9.85. The molecule has 1 nitrogen and oxygen atoms in total. The minimum Gasteiger partial charge on any atom is -0.298 e. The Morgan fingerprint density at radius 2 is 2.50 bits per heavy atom. The first kappa shape index (κ1) is 7.00. The summed E-state index contributed by atoms with van der Waals surface area (Å²) in [6, 6.07) is 0. The van der Waals surface area contributed by atoms with E-state index in [9.17, 15) is 4.79 Å². The summed E-state index contributed by atoms with van der Waals surface area (Å²) in [5.41, 5.74) is 2.00. The molecule has 0 saturated heterocycles. The molecule has 0 aromatic carbocycles. The number of allylic oxidation sites excluding steroid dienone is 6. The zero-order chi connectivity index (χ0) is 7.40. The Kier molecular flexibility index (Phi) is 2.21. The van der Waals surface area contributed by atoms with Crippen molar-refractivity contribution >= 4 is 6.29 Å². The van der Waals surface area contributed by atoms with Gasteiger partial charge in [-0.2, -0.15) is 0 Å². The van der Waals surface area contributed by atoms with E-state index >= 15 is 0 Å². The van der Waals surface area contributed by atoms with Crippen molar-refractivity contribution in [3.8, 4) is 0 Å². The van der Waals surface area contributed by atoms with Crippen molar-refractivity contribution < 1.29 is 4.79 Å². The molecule has 0 unspecified atom stereocenters. The first-order valence-electron chi connectivity index (χ1n) is 3.32. The molecule has 0 heterocycles. The number of hydrogen-bond acceptors (Lipinski definition) is 1. The second-order valence-corrected chi connectivity index (χ2v) is 2.38. The van der Waals surface area contributed by atoms with Gasteiger partial charge in [0.1, 0.15) is 6.29 Å². The van der Waals surface area contributed by atoms with Crippen molar-refractivity contribution in [2.24, 2.45) is 0 Å². The van der Waals surface area contributed by atoms with Crippen LogP contribution >= 0.6 is 0 Å². The quantitative estimate of drug-likeness (QED) is 0.417. The lowest BCUT2D eigenvalue weighted by molar-refractivity contribution is -0.104. The molecule has 0 aromatic rings. The third kappa shape index (κ3) is 1.69. The van der Waals surface area contributed by atoms with Crippen LogP contribution in [0.3, 0.4) is 0 Å². The van der Waals surface area contributed by atoms with Gasteiger partial charge in [-0.05, 0) is 24.5 Å². The minimum atomic E-state index is 0.787. The molecule has 1 heteroatoms. The van der Waals surface area contributed by atoms with Crippen molar-refractivity contribution in [1.29, 1.82) is 0 Å². The number of carbonyl (C=O) groups excluding carboxylic acids is 1. The molecule has 0 bridgehead atoms. The van der Waals surface area contributed by atoms with Gasteiger partial charge in [-0.25, -0.2) is 0 Å². The molecular weight excluding hydrogens is 124 g/mol. The molecule has 52 valence electrons. The van der Waals surface area contributed by atoms with Gasteiger partial charge < -0.3 is 0 Å². The highest BCUT2D eigenvalue weighted by atomic mass is 16.1. The molecule has 0 spiro atoms. The normalized spacial score (nSPS) is 17.3. The maximum absolute atomic E-state index is 10.2. The Labute approximate surface area is 60.7 Å². The number of aldehydes is 1. The van der Waals surface area contributed by atoms with Gasteiger partial charge in [0.05, 0.1) is 0 Å². The third-order valence-electron chi connectivity index (χ3n) is 1.40. The van der Waals surface area contributed by atoms with Crippen molar-refractivity contribution in [2.45, 2.75) is 13.3 Å². The first-order valence-corrected chi connectivity index (χ1v) is 3.32. The highest BCUT2D eigenvalue weighted by molar-refractivity contribution is 5.73. The zero-order valence-corrected chi connectivity index (χ0v) is 6.00. The second kappa shape index (κ2) is 3.16. The van der Waals surface area contributed by atoms with Crippen LogP contribution in [0, 0.1) is 0 Å². The molecule has 1 aliphatic carbocycles. The second-order valence-electron chi connectivity index (χ2n) is 2.38. The van der Waals surface area contributed by atoms with Crippen molar-refractivity contribution in [2.75, 3.05) is 0 Å². The van der Waals surface area contributed by atoms with Crippen molar-refractivity contribution in [3.63, 3.8) is 0 Å². The van der Waals surface area contributed by atoms with E-state index in [0.29, 0.717) is 0 Å². The molecule has 10 heavy (non-hydrogen) atoms. The SMILES string of the molecule is C/C(C=O)=C/C1=CC=CC1. The van der Waals surface area contributed by atoms with E-state index in [1.54, 1.807) is 0 Å². The monoisotopic (exact) mass is 134 g/mol. The fourth-order valence-electron chi connectivity index (χ4n) is 0.897. The van der Waals surface area contributed by atoms with Crippen LogP contribution in [0.2, 0.25) is 0 Å². The zero-order valence-electron chi connectivity index (χ0n) is 6.00. The van der Waals surface area contributed by atoms with Gasteiger partial charge in [-0.3, -0.25) is 4.79 Å². The molecule has 1 aliphatic rings. The number of carbonyl (C=O) groups is 1. The summed E-state index contributed by atoms with van der Waals surface area (Å²) >= 11 is 0. The number of rotatable bonds is 2. The van der Waals surface area contributed by atoms with Crippen LogP contribution in [0.15, 0.2) is 35.5 Å². The van der Waals surface area contributed by atoms with Crippen LogP contribution in [0.4, 0.5) is 0 Å². The van der Waals surface area contributed by atoms with Crippen molar-refractivity contribution in [3.05, 3.63) is 35.5 Å². The van der Waals surface area contributed by atoms with E-state index in [4.69, 9.17) is 0 Å². The van der Waals surface area contributed by atoms with Crippen LogP contribution < -0.4 is 0 Å². The standard InChI is InChI=1S/C9H10O/c1-8(7-10)6-9-4-2-3-5-9/h2-4,6-7H,5H2,1H3/b8-6-. The lowest BCUT2D eigenvalue weighted by atomic mass is 10.2. The van der Waals surface area contributed by atoms with E-state index in [0.717, 1.165) is 18.3 Å². The maximum Gasteiger partial charge on any atom is 0.145 e. The number of hydrogen-bond donors (Lipinski definition) is 0. The van der Waals surface area contributed by atoms with E-state index in [1.165, 1.54) is 5.57 Å². The molecule has 0 saturated carbocycles. The highest BCUT2D eigenvalue weighted by Crippen LogP contribution is 2.12. The van der Waals surface area contributed by atoms with Gasteiger partial charge in [-0.15, -0.1) is 0 Å². The van der Waals surface area contributed by atoms with E-state index < -0.39 is 0 Å². The summed E-state index contributed by atoms with van der Waals surface area (Å²) < 4.78 is 0. The molecular formula is C9H10O. The lowest BCUT2D eigenvalue weighted by Gasteiger charge is -1.90. The molecule has 0 radical (unpaired) electrons. The van der Waals surface area contributed by atoms with Gasteiger partial charge in [0.2, 0.25) is 0 Å². The van der Waals surface area contributed by atoms with E-state index in [-0.39, 0.29) is 0 Å². The van der Waals surface area contributed by atoms with Gasteiger partial charge in [-0.1, -0.05) is 24.3 Å². The van der Waals surface area contributed by atoms with Gasteiger partial charge in [0.15, 0.2) is 0 Å². The lowest BCUT2D eigenvalue weighted by Crippen LogP contribution is -1.77. The Hall–Kier alpha value is -1.11. The molecule has 0 aliphatic heterocycles. The summed E-state index contributed by atoms with van der Waals surface area (Å²) in [7, 11) is 0. The summed E-state index contributed by atoms with van der Waals surface area (Å²) in [4.78, 5) is 10.2. The minimum absolute atomic E-state index is 0.787. The largest absolute Gasteiger partial charge is 0.298 e. The Morgan fingerprint density at radius 3 is 3.00 bits per heavy atom. The fraction of sp³-hybridized carbons (Fsp3) is 0.222. The Balaban J connectivity index is 2.61. The highest BCUT2D eigenvalue weighted by Gasteiger charge is 1.94. The summed E-state index contributed by atoms with van der Waals surface area (Å²) in [5.74, 6) is 0. The molecule has 0 atom stereocenters. The molecule has 0 N–H and O–H groups in total. The van der Waals surface area contributed by atoms with E-state index in [1.807, 2.05) is 25.2 Å². The predicted molar refractivity (Wildman–Crippen MR) is 41.7 cm³/mol. The van der Waals surface area contributed by atoms with Crippen LogP contribution in [-0.2, 0) is 4.79 Å². The topological polar surface area (TPSA) is 17.1 Å². The molecule has 0 amide bonds. The maximum atomic E-state index is 10.2. The smallest absolute Gasteiger partial charge is 0.145 e. The van der Waals surface area contributed by atoms with Crippen LogP contribution in [0.1, 0.15) is 13.3 Å². The average Bonchev–Trinajstić information content (AvgIpc) is 2.40. The molecule has 0 fully saturated rings. The van der Waals surface area contributed by atoms with Gasteiger partial charge >= 0.3 is 0 Å². The Morgan fingerprint density at radius 1 is 1.70 bits per heavy atom. The van der Waals surface area contributed by atoms with Crippen LogP contribution in [0.25, 0.3) is 0 Å². The summed E-state index contributed by atoms with van der Waals surface area (Å²) in [6.45, 7) is 1.81. The molecule has 0 aromatic heterocycles. The van der Waals surface area contributed by atoms with Gasteiger partial charge in [0.25, 0.3) is 0 Å². The van der Waals surface area contributed by atoms with Gasteiger partial charge in [0, 0.05) is 0 Å². The van der Waals surface area contributed by atoms with Crippen LogP contribution in [0.5, 0.6) is 0 Å². The first-order chi connectivity index (χ1) is 4.83. The Bertz CT molecular complexity index is 219.